The highest BCUT2D eigenvalue weighted by Crippen LogP contribution is 2.34. The first-order valence-corrected chi connectivity index (χ1v) is 8.07. The molecule has 2 heterocycles. The quantitative estimate of drug-likeness (QED) is 0.833. The maximum atomic E-state index is 11.5. The van der Waals surface area contributed by atoms with Crippen molar-refractivity contribution in [1.82, 2.24) is 4.98 Å². The lowest BCUT2D eigenvalue weighted by Gasteiger charge is -2.33. The first kappa shape index (κ1) is 16.7. The minimum Gasteiger partial charge on any atom is -0.511 e. The lowest BCUT2D eigenvalue weighted by molar-refractivity contribution is -0.122. The number of aldehydes is 1. The van der Waals surface area contributed by atoms with Crippen molar-refractivity contribution >= 4 is 12.1 Å². The second-order valence-electron chi connectivity index (χ2n) is 6.15. The molecular weight excluding hydrogens is 308 g/mol. The molecule has 0 saturated carbocycles. The van der Waals surface area contributed by atoms with E-state index in [0.717, 1.165) is 30.8 Å². The maximum absolute atomic E-state index is 11.5. The van der Waals surface area contributed by atoms with Crippen LogP contribution in [0.4, 0.5) is 5.82 Å². The van der Waals surface area contributed by atoms with Crippen LogP contribution in [0.3, 0.4) is 0 Å². The van der Waals surface area contributed by atoms with Crippen LogP contribution in [-0.4, -0.2) is 48.8 Å². The number of aliphatic hydroxyl groups excluding tert-OH is 1. The van der Waals surface area contributed by atoms with E-state index in [1.807, 2.05) is 12.1 Å². The zero-order valence-electron chi connectivity index (χ0n) is 13.7. The van der Waals surface area contributed by atoms with Crippen molar-refractivity contribution in [2.75, 3.05) is 31.2 Å². The minimum absolute atomic E-state index is 0.0181. The summed E-state index contributed by atoms with van der Waals surface area (Å²) in [5, 5.41) is 10.0. The summed E-state index contributed by atoms with van der Waals surface area (Å²) in [5.74, 6) is 0.901. The molecule has 2 aliphatic rings. The molecule has 1 aliphatic heterocycles. The number of rotatable bonds is 5. The molecule has 1 N–H and O–H groups in total. The summed E-state index contributed by atoms with van der Waals surface area (Å²) in [4.78, 5) is 18.1. The fourth-order valence-electron chi connectivity index (χ4n) is 2.91. The van der Waals surface area contributed by atoms with Crippen molar-refractivity contribution in [1.29, 1.82) is 0 Å². The lowest BCUT2D eigenvalue weighted by Crippen LogP contribution is -2.39. The predicted molar refractivity (Wildman–Crippen MR) is 89.9 cm³/mol. The molecule has 0 aromatic carbocycles. The summed E-state index contributed by atoms with van der Waals surface area (Å²) < 4.78 is 11.3. The van der Waals surface area contributed by atoms with E-state index in [1.54, 1.807) is 25.3 Å². The zero-order valence-corrected chi connectivity index (χ0v) is 13.7. The van der Waals surface area contributed by atoms with Crippen LogP contribution in [-0.2, 0) is 20.9 Å². The van der Waals surface area contributed by atoms with Gasteiger partial charge in [0.15, 0.2) is 0 Å². The summed E-state index contributed by atoms with van der Waals surface area (Å²) in [7, 11) is 0. The van der Waals surface area contributed by atoms with Gasteiger partial charge in [-0.25, -0.2) is 4.98 Å². The van der Waals surface area contributed by atoms with Crippen LogP contribution in [0.5, 0.6) is 0 Å². The summed E-state index contributed by atoms with van der Waals surface area (Å²) in [5.41, 5.74) is -0.106. The maximum Gasteiger partial charge on any atom is 0.136 e. The Bertz CT molecular complexity index is 652. The van der Waals surface area contributed by atoms with Gasteiger partial charge in [-0.3, -0.25) is 0 Å². The zero-order chi connectivity index (χ0) is 17.0. The van der Waals surface area contributed by atoms with E-state index >= 15 is 0 Å². The largest absolute Gasteiger partial charge is 0.511 e. The third-order valence-corrected chi connectivity index (χ3v) is 4.52. The molecule has 128 valence electrons. The Hall–Kier alpha value is -2.18. The van der Waals surface area contributed by atoms with Gasteiger partial charge >= 0.3 is 0 Å². The summed E-state index contributed by atoms with van der Waals surface area (Å²) in [6, 6.07) is 3.84. The third kappa shape index (κ3) is 3.20. The Morgan fingerprint density at radius 2 is 2.29 bits per heavy atom. The lowest BCUT2D eigenvalue weighted by atomic mass is 9.80. The number of carbonyl (C=O) groups excluding carboxylic acids is 1. The number of ether oxygens (including phenoxy) is 2. The molecule has 6 nitrogen and oxygen atoms in total. The van der Waals surface area contributed by atoms with Crippen molar-refractivity contribution in [3.8, 4) is 0 Å². The number of aliphatic hydroxyl groups is 1. The Morgan fingerprint density at radius 3 is 3.04 bits per heavy atom. The van der Waals surface area contributed by atoms with Gasteiger partial charge in [-0.1, -0.05) is 18.2 Å². The molecule has 0 spiro atoms. The smallest absolute Gasteiger partial charge is 0.136 e. The Morgan fingerprint density at radius 1 is 1.50 bits per heavy atom. The van der Waals surface area contributed by atoms with Gasteiger partial charge in [-0.15, -0.1) is 0 Å². The van der Waals surface area contributed by atoms with E-state index < -0.39 is 11.5 Å². The Balaban J connectivity index is 1.74. The molecule has 0 amide bonds. The van der Waals surface area contributed by atoms with Gasteiger partial charge in [0, 0.05) is 24.8 Å². The third-order valence-electron chi connectivity index (χ3n) is 4.52. The molecule has 1 saturated heterocycles. The number of hydrogen-bond donors (Lipinski definition) is 1. The van der Waals surface area contributed by atoms with Crippen molar-refractivity contribution in [2.24, 2.45) is 5.41 Å². The number of pyridine rings is 1. The molecule has 6 heteroatoms. The van der Waals surface area contributed by atoms with Crippen LogP contribution >= 0.6 is 0 Å². The molecule has 1 aliphatic carbocycles. The van der Waals surface area contributed by atoms with Gasteiger partial charge in [0.05, 0.1) is 25.9 Å². The first-order chi connectivity index (χ1) is 11.6. The molecule has 3 rings (SSSR count). The molecule has 1 aromatic rings. The standard InChI is InChI=1S/C18H22N2O4/c1-18(13-21)15(22)5-2-6-16(18)24-12-14-4-3-7-19-17(14)20-8-10-23-11-9-20/h2-7,13,16,22H,8-12H2,1H3. The topological polar surface area (TPSA) is 71.9 Å². The monoisotopic (exact) mass is 330 g/mol. The Labute approximate surface area is 141 Å². The van der Waals surface area contributed by atoms with Gasteiger partial charge in [-0.05, 0) is 19.1 Å². The molecule has 2 atom stereocenters. The summed E-state index contributed by atoms with van der Waals surface area (Å²) in [6.45, 7) is 4.94. The van der Waals surface area contributed by atoms with Gasteiger partial charge < -0.3 is 24.3 Å². The highest BCUT2D eigenvalue weighted by Gasteiger charge is 2.39. The molecule has 0 bridgehead atoms. The molecule has 0 radical (unpaired) electrons. The van der Waals surface area contributed by atoms with E-state index in [2.05, 4.69) is 9.88 Å². The number of carbonyl (C=O) groups is 1. The minimum atomic E-state index is -1.06. The fourth-order valence-corrected chi connectivity index (χ4v) is 2.91. The second kappa shape index (κ2) is 7.15. The number of anilines is 1. The van der Waals surface area contributed by atoms with Crippen LogP contribution in [0.25, 0.3) is 0 Å². The summed E-state index contributed by atoms with van der Waals surface area (Å²) in [6.07, 6.45) is 7.00. The van der Waals surface area contributed by atoms with Crippen molar-refractivity contribution in [3.63, 3.8) is 0 Å². The molecular formula is C18H22N2O4. The van der Waals surface area contributed by atoms with Crippen LogP contribution in [0.2, 0.25) is 0 Å². The average Bonchev–Trinajstić information content (AvgIpc) is 2.64. The van der Waals surface area contributed by atoms with E-state index in [-0.39, 0.29) is 5.76 Å². The molecule has 2 unspecified atom stereocenters. The molecule has 1 aromatic heterocycles. The average molecular weight is 330 g/mol. The summed E-state index contributed by atoms with van der Waals surface area (Å²) >= 11 is 0. The number of allylic oxidation sites excluding steroid dienone is 2. The normalized spacial score (nSPS) is 27.0. The van der Waals surface area contributed by atoms with E-state index in [4.69, 9.17) is 9.47 Å². The molecule has 1 fully saturated rings. The van der Waals surface area contributed by atoms with E-state index in [1.165, 1.54) is 6.08 Å². The van der Waals surface area contributed by atoms with E-state index in [9.17, 15) is 9.90 Å². The predicted octanol–water partition coefficient (Wildman–Crippen LogP) is 2.02. The SMILES string of the molecule is CC1(C=O)C(O)=CC=CC1OCc1cccnc1N1CCOCC1. The second-order valence-corrected chi connectivity index (χ2v) is 6.15. The molecule has 24 heavy (non-hydrogen) atoms. The van der Waals surface area contributed by atoms with Gasteiger partial charge in [0.1, 0.15) is 23.3 Å². The van der Waals surface area contributed by atoms with Crippen LogP contribution in [0.15, 0.2) is 42.3 Å². The van der Waals surface area contributed by atoms with Crippen molar-refractivity contribution in [3.05, 3.63) is 47.9 Å². The number of aromatic nitrogens is 1. The Kier molecular flexibility index (Phi) is 4.97. The highest BCUT2D eigenvalue weighted by atomic mass is 16.5. The number of nitrogens with zero attached hydrogens (tertiary/aromatic N) is 2. The van der Waals surface area contributed by atoms with Gasteiger partial charge in [-0.2, -0.15) is 0 Å². The highest BCUT2D eigenvalue weighted by molar-refractivity contribution is 5.66. The van der Waals surface area contributed by atoms with Crippen LogP contribution < -0.4 is 4.90 Å². The first-order valence-electron chi connectivity index (χ1n) is 8.07. The van der Waals surface area contributed by atoms with Crippen LogP contribution in [0.1, 0.15) is 12.5 Å². The van der Waals surface area contributed by atoms with Crippen molar-refractivity contribution in [2.45, 2.75) is 19.6 Å². The number of hydrogen-bond acceptors (Lipinski definition) is 6. The fraction of sp³-hybridized carbons (Fsp3) is 0.444. The van der Waals surface area contributed by atoms with Crippen LogP contribution in [0, 0.1) is 5.41 Å². The van der Waals surface area contributed by atoms with E-state index in [0.29, 0.717) is 19.8 Å². The van der Waals surface area contributed by atoms with Crippen molar-refractivity contribution < 1.29 is 19.4 Å². The number of morpholine rings is 1. The van der Waals surface area contributed by atoms with Gasteiger partial charge in [0.25, 0.3) is 0 Å². The van der Waals surface area contributed by atoms with Gasteiger partial charge in [0.2, 0.25) is 0 Å².